The zero-order chi connectivity index (χ0) is 24.1. The molecule has 0 aliphatic carbocycles. The van der Waals surface area contributed by atoms with E-state index in [0.717, 1.165) is 5.56 Å². The Labute approximate surface area is 193 Å². The van der Waals surface area contributed by atoms with Gasteiger partial charge in [-0.1, -0.05) is 35.6 Å². The zero-order valence-electron chi connectivity index (χ0n) is 18.1. The predicted molar refractivity (Wildman–Crippen MR) is 121 cm³/mol. The molecule has 0 unspecified atom stereocenters. The molecule has 0 aliphatic rings. The summed E-state index contributed by atoms with van der Waals surface area (Å²) in [5, 5.41) is 18.0. The Balaban J connectivity index is 1.33. The van der Waals surface area contributed by atoms with Gasteiger partial charge in [-0.15, -0.1) is 5.10 Å². The number of carbonyl (C=O) groups excluding carboxylic acids is 1. The SMILES string of the molecule is Cc1cc(O)c(C(=O)/C=C/c2ccc(OCc3cn(Cc4ccc(F)cc4)nn3)cc2)c(=O)o1. The Morgan fingerprint density at radius 1 is 1.18 bits per heavy atom. The molecule has 34 heavy (non-hydrogen) atoms. The van der Waals surface area contributed by atoms with Crippen LogP contribution in [-0.4, -0.2) is 25.9 Å². The summed E-state index contributed by atoms with van der Waals surface area (Å²) in [4.78, 5) is 24.1. The van der Waals surface area contributed by atoms with Crippen molar-refractivity contribution in [3.8, 4) is 11.5 Å². The second-order valence-corrected chi connectivity index (χ2v) is 7.49. The van der Waals surface area contributed by atoms with E-state index in [0.29, 0.717) is 23.6 Å². The van der Waals surface area contributed by atoms with E-state index < -0.39 is 22.7 Å². The molecule has 0 spiro atoms. The Bertz CT molecular complexity index is 1390. The number of nitrogens with zero attached hydrogens (tertiary/aromatic N) is 3. The molecule has 0 amide bonds. The van der Waals surface area contributed by atoms with Gasteiger partial charge < -0.3 is 14.3 Å². The van der Waals surface area contributed by atoms with Crippen molar-refractivity contribution in [2.45, 2.75) is 20.1 Å². The van der Waals surface area contributed by atoms with Crippen LogP contribution in [0, 0.1) is 12.7 Å². The lowest BCUT2D eigenvalue weighted by Gasteiger charge is -2.04. The molecule has 0 saturated heterocycles. The van der Waals surface area contributed by atoms with Crippen molar-refractivity contribution < 1.29 is 23.4 Å². The fraction of sp³-hybridized carbons (Fsp3) is 0.120. The molecule has 2 heterocycles. The molecule has 0 aliphatic heterocycles. The van der Waals surface area contributed by atoms with Crippen LogP contribution in [0.15, 0.2) is 76.1 Å². The molecule has 4 rings (SSSR count). The molecule has 172 valence electrons. The number of halogens is 1. The number of rotatable bonds is 8. The van der Waals surface area contributed by atoms with Crippen LogP contribution < -0.4 is 10.4 Å². The van der Waals surface area contributed by atoms with Crippen molar-refractivity contribution in [1.82, 2.24) is 15.0 Å². The number of allylic oxidation sites excluding steroid dienone is 1. The number of ether oxygens (including phenoxy) is 1. The van der Waals surface area contributed by atoms with Crippen LogP contribution in [0.4, 0.5) is 4.39 Å². The van der Waals surface area contributed by atoms with E-state index in [-0.39, 0.29) is 18.2 Å². The van der Waals surface area contributed by atoms with E-state index in [1.807, 2.05) is 0 Å². The van der Waals surface area contributed by atoms with Crippen molar-refractivity contribution >= 4 is 11.9 Å². The summed E-state index contributed by atoms with van der Waals surface area (Å²) in [6.45, 7) is 2.18. The summed E-state index contributed by atoms with van der Waals surface area (Å²) >= 11 is 0. The minimum atomic E-state index is -0.884. The number of hydrogen-bond donors (Lipinski definition) is 1. The van der Waals surface area contributed by atoms with Crippen LogP contribution in [0.1, 0.15) is 32.9 Å². The molecule has 8 nitrogen and oxygen atoms in total. The van der Waals surface area contributed by atoms with Gasteiger partial charge in [-0.3, -0.25) is 4.79 Å². The molecular formula is C25H20FN3O5. The van der Waals surface area contributed by atoms with Gasteiger partial charge >= 0.3 is 5.63 Å². The lowest BCUT2D eigenvalue weighted by Crippen LogP contribution is -2.12. The number of hydrogen-bond acceptors (Lipinski definition) is 7. The summed E-state index contributed by atoms with van der Waals surface area (Å²) in [5.74, 6) is -0.554. The molecule has 2 aromatic carbocycles. The standard InChI is InChI=1S/C25H20FN3O5/c1-16-12-23(31)24(25(32)34-16)22(30)11-6-17-4-9-21(10-5-17)33-15-20-14-29(28-27-20)13-18-2-7-19(26)8-3-18/h2-12,14,31H,13,15H2,1H3/b11-6+. The molecule has 9 heteroatoms. The molecule has 4 aromatic rings. The highest BCUT2D eigenvalue weighted by Crippen LogP contribution is 2.18. The van der Waals surface area contributed by atoms with Crippen LogP contribution >= 0.6 is 0 Å². The van der Waals surface area contributed by atoms with Crippen LogP contribution in [0.5, 0.6) is 11.5 Å². The van der Waals surface area contributed by atoms with Crippen LogP contribution in [0.2, 0.25) is 0 Å². The minimum Gasteiger partial charge on any atom is -0.507 e. The minimum absolute atomic E-state index is 0.208. The quantitative estimate of drug-likeness (QED) is 0.313. The second kappa shape index (κ2) is 9.95. The van der Waals surface area contributed by atoms with Gasteiger partial charge in [0.2, 0.25) is 0 Å². The van der Waals surface area contributed by atoms with Crippen molar-refractivity contribution in [1.29, 1.82) is 0 Å². The van der Waals surface area contributed by atoms with E-state index in [1.165, 1.54) is 37.3 Å². The van der Waals surface area contributed by atoms with Gasteiger partial charge in [-0.05, 0) is 48.4 Å². The number of aryl methyl sites for hydroxylation is 1. The summed E-state index contributed by atoms with van der Waals surface area (Å²) in [7, 11) is 0. The normalized spacial score (nSPS) is 11.1. The van der Waals surface area contributed by atoms with E-state index >= 15 is 0 Å². The predicted octanol–water partition coefficient (Wildman–Crippen LogP) is 3.91. The van der Waals surface area contributed by atoms with Crippen molar-refractivity contribution in [2.75, 3.05) is 0 Å². The van der Waals surface area contributed by atoms with Gasteiger partial charge in [0, 0.05) is 6.07 Å². The molecular weight excluding hydrogens is 441 g/mol. The van der Waals surface area contributed by atoms with Gasteiger partial charge in [0.05, 0.1) is 12.7 Å². The maximum absolute atomic E-state index is 13.0. The van der Waals surface area contributed by atoms with Crippen LogP contribution in [0.25, 0.3) is 6.08 Å². The Kier molecular flexibility index (Phi) is 6.63. The lowest BCUT2D eigenvalue weighted by molar-refractivity contribution is 0.104. The second-order valence-electron chi connectivity index (χ2n) is 7.49. The fourth-order valence-electron chi connectivity index (χ4n) is 3.17. The van der Waals surface area contributed by atoms with Gasteiger partial charge in [-0.25, -0.2) is 13.9 Å². The van der Waals surface area contributed by atoms with Gasteiger partial charge in [0.15, 0.2) is 5.78 Å². The first-order valence-corrected chi connectivity index (χ1v) is 10.3. The molecule has 0 bridgehead atoms. The molecule has 1 N–H and O–H groups in total. The monoisotopic (exact) mass is 461 g/mol. The number of aromatic hydroxyl groups is 1. The van der Waals surface area contributed by atoms with E-state index in [4.69, 9.17) is 9.15 Å². The average molecular weight is 461 g/mol. The van der Waals surface area contributed by atoms with Crippen LogP contribution in [-0.2, 0) is 13.2 Å². The zero-order valence-corrected chi connectivity index (χ0v) is 18.1. The van der Waals surface area contributed by atoms with Crippen molar-refractivity contribution in [2.24, 2.45) is 0 Å². The highest BCUT2D eigenvalue weighted by molar-refractivity contribution is 6.08. The van der Waals surface area contributed by atoms with Gasteiger partial charge in [-0.2, -0.15) is 0 Å². The van der Waals surface area contributed by atoms with Crippen molar-refractivity contribution in [3.05, 3.63) is 111 Å². The summed E-state index contributed by atoms with van der Waals surface area (Å²) < 4.78 is 25.2. The van der Waals surface area contributed by atoms with Gasteiger partial charge in [0.1, 0.15) is 40.9 Å². The first-order valence-electron chi connectivity index (χ1n) is 10.3. The number of aromatic nitrogens is 3. The first kappa shape index (κ1) is 22.7. The summed E-state index contributed by atoms with van der Waals surface area (Å²) in [6, 6.07) is 14.3. The van der Waals surface area contributed by atoms with Crippen LogP contribution in [0.3, 0.4) is 0 Å². The first-order chi connectivity index (χ1) is 16.4. The Hall–Kier alpha value is -4.53. The highest BCUT2D eigenvalue weighted by Gasteiger charge is 2.15. The van der Waals surface area contributed by atoms with Gasteiger partial charge in [0.25, 0.3) is 0 Å². The molecule has 2 aromatic heterocycles. The van der Waals surface area contributed by atoms with E-state index in [2.05, 4.69) is 10.3 Å². The smallest absolute Gasteiger partial charge is 0.351 e. The molecule has 0 saturated carbocycles. The Morgan fingerprint density at radius 2 is 1.91 bits per heavy atom. The summed E-state index contributed by atoms with van der Waals surface area (Å²) in [5.41, 5.74) is 0.939. The maximum atomic E-state index is 13.0. The molecule has 0 radical (unpaired) electrons. The number of ketones is 1. The largest absolute Gasteiger partial charge is 0.507 e. The topological polar surface area (TPSA) is 107 Å². The average Bonchev–Trinajstić information content (AvgIpc) is 3.25. The summed E-state index contributed by atoms with van der Waals surface area (Å²) in [6.07, 6.45) is 4.46. The lowest BCUT2D eigenvalue weighted by atomic mass is 10.1. The number of benzene rings is 2. The molecule has 0 fully saturated rings. The van der Waals surface area contributed by atoms with E-state index in [1.54, 1.807) is 47.3 Å². The maximum Gasteiger partial charge on any atom is 0.351 e. The third-order valence-corrected chi connectivity index (χ3v) is 4.84. The van der Waals surface area contributed by atoms with E-state index in [9.17, 15) is 19.1 Å². The fourth-order valence-corrected chi connectivity index (χ4v) is 3.17. The van der Waals surface area contributed by atoms with Crippen molar-refractivity contribution in [3.63, 3.8) is 0 Å². The third-order valence-electron chi connectivity index (χ3n) is 4.84. The highest BCUT2D eigenvalue weighted by atomic mass is 19.1. The number of carbonyl (C=O) groups is 1. The third kappa shape index (κ3) is 5.63. The Morgan fingerprint density at radius 3 is 2.62 bits per heavy atom. The molecule has 0 atom stereocenters.